The third-order valence-corrected chi connectivity index (χ3v) is 5.00. The molecular weight excluding hydrogens is 352 g/mol. The van der Waals surface area contributed by atoms with Crippen LogP contribution in [0.5, 0.6) is 0 Å². The Morgan fingerprint density at radius 2 is 1.93 bits per heavy atom. The van der Waals surface area contributed by atoms with E-state index in [4.69, 9.17) is 5.73 Å². The van der Waals surface area contributed by atoms with E-state index in [1.165, 1.54) is 0 Å². The molecule has 0 spiro atoms. The van der Waals surface area contributed by atoms with E-state index in [-0.39, 0.29) is 6.03 Å². The average Bonchev–Trinajstić information content (AvgIpc) is 3.10. The van der Waals surface area contributed by atoms with E-state index >= 15 is 0 Å². The van der Waals surface area contributed by atoms with E-state index in [1.54, 1.807) is 4.57 Å². The molecule has 0 aliphatic carbocycles. The molecule has 2 aromatic heterocycles. The van der Waals surface area contributed by atoms with Gasteiger partial charge in [-0.3, -0.25) is 4.57 Å². The van der Waals surface area contributed by atoms with Crippen molar-refractivity contribution in [3.05, 3.63) is 48.8 Å². The van der Waals surface area contributed by atoms with Gasteiger partial charge in [-0.15, -0.1) is 0 Å². The molecule has 3 N–H and O–H groups in total. The molecule has 1 amide bonds. The first kappa shape index (κ1) is 18.2. The van der Waals surface area contributed by atoms with Crippen molar-refractivity contribution < 1.29 is 4.79 Å². The number of anilines is 3. The lowest BCUT2D eigenvalue weighted by molar-refractivity contribution is 0.197. The van der Waals surface area contributed by atoms with Crippen molar-refractivity contribution in [2.45, 2.75) is 19.9 Å². The number of pyridine rings is 1. The number of nitrogens with two attached hydrogens (primary N) is 1. The highest BCUT2D eigenvalue weighted by atomic mass is 16.2. The second kappa shape index (κ2) is 7.42. The predicted octanol–water partition coefficient (Wildman–Crippen LogP) is 3.23. The second-order valence-electron chi connectivity index (χ2n) is 7.43. The molecule has 1 aliphatic heterocycles. The molecule has 1 saturated heterocycles. The van der Waals surface area contributed by atoms with Crippen LogP contribution in [0.2, 0.25) is 0 Å². The van der Waals surface area contributed by atoms with Crippen LogP contribution in [-0.2, 0) is 0 Å². The Labute approximate surface area is 164 Å². The molecule has 1 fully saturated rings. The molecule has 0 saturated carbocycles. The number of nitrogens with one attached hydrogen (secondary N) is 1. The van der Waals surface area contributed by atoms with Crippen molar-refractivity contribution in [2.75, 3.05) is 42.1 Å². The molecule has 7 heteroatoms. The van der Waals surface area contributed by atoms with Crippen LogP contribution in [0.15, 0.2) is 48.8 Å². The van der Waals surface area contributed by atoms with Crippen molar-refractivity contribution >= 4 is 34.1 Å². The summed E-state index contributed by atoms with van der Waals surface area (Å²) in [5.74, 6) is 0.947. The first-order chi connectivity index (χ1) is 13.5. The molecule has 0 bridgehead atoms. The van der Waals surface area contributed by atoms with Gasteiger partial charge in [-0.1, -0.05) is 6.07 Å². The van der Waals surface area contributed by atoms with Gasteiger partial charge in [0.2, 0.25) is 0 Å². The van der Waals surface area contributed by atoms with Gasteiger partial charge >= 0.3 is 6.03 Å². The number of hydrogen-bond donors (Lipinski definition) is 2. The van der Waals surface area contributed by atoms with Crippen molar-refractivity contribution in [2.24, 2.45) is 0 Å². The molecular formula is C21H26N6O. The van der Waals surface area contributed by atoms with Gasteiger partial charge < -0.3 is 20.9 Å². The standard InChI is InChI=1S/C21H26N6O/c1-15(2)24-18-4-3-8-23-20(18)25-10-12-26(13-11-25)21(28)27-9-7-16-5-6-17(22)14-19(16)27/h3-9,14-15,24H,10-13,22H2,1-2H3. The van der Waals surface area contributed by atoms with Gasteiger partial charge in [0.15, 0.2) is 5.82 Å². The maximum absolute atomic E-state index is 13.0. The largest absolute Gasteiger partial charge is 0.399 e. The van der Waals surface area contributed by atoms with Crippen molar-refractivity contribution in [3.63, 3.8) is 0 Å². The monoisotopic (exact) mass is 378 g/mol. The van der Waals surface area contributed by atoms with Crippen molar-refractivity contribution in [1.29, 1.82) is 0 Å². The third kappa shape index (κ3) is 3.47. The number of fused-ring (bicyclic) bond motifs is 1. The summed E-state index contributed by atoms with van der Waals surface area (Å²) < 4.78 is 1.69. The first-order valence-corrected chi connectivity index (χ1v) is 9.65. The lowest BCUT2D eigenvalue weighted by atomic mass is 10.2. The number of nitrogens with zero attached hydrogens (tertiary/aromatic N) is 4. The second-order valence-corrected chi connectivity index (χ2v) is 7.43. The quantitative estimate of drug-likeness (QED) is 0.684. The van der Waals surface area contributed by atoms with Gasteiger partial charge in [0.25, 0.3) is 0 Å². The molecule has 1 aliphatic rings. The summed E-state index contributed by atoms with van der Waals surface area (Å²) in [6.45, 7) is 7.02. The zero-order valence-corrected chi connectivity index (χ0v) is 16.3. The predicted molar refractivity (Wildman–Crippen MR) is 114 cm³/mol. The Morgan fingerprint density at radius 1 is 1.14 bits per heavy atom. The number of piperazine rings is 1. The van der Waals surface area contributed by atoms with E-state index in [0.29, 0.717) is 24.8 Å². The van der Waals surface area contributed by atoms with Crippen LogP contribution in [-0.4, -0.2) is 52.7 Å². The van der Waals surface area contributed by atoms with Crippen LogP contribution in [0.4, 0.5) is 22.0 Å². The fraction of sp³-hybridized carbons (Fsp3) is 0.333. The zero-order chi connectivity index (χ0) is 19.7. The van der Waals surface area contributed by atoms with Gasteiger partial charge in [0.1, 0.15) is 0 Å². The van der Waals surface area contributed by atoms with E-state index in [1.807, 2.05) is 47.6 Å². The number of hydrogen-bond acceptors (Lipinski definition) is 5. The maximum atomic E-state index is 13.0. The minimum Gasteiger partial charge on any atom is -0.399 e. The molecule has 0 unspecified atom stereocenters. The molecule has 4 rings (SSSR count). The summed E-state index contributed by atoms with van der Waals surface area (Å²) >= 11 is 0. The number of nitrogen functional groups attached to an aromatic ring is 1. The van der Waals surface area contributed by atoms with Crippen molar-refractivity contribution in [1.82, 2.24) is 14.5 Å². The normalized spacial score (nSPS) is 14.7. The van der Waals surface area contributed by atoms with Crippen LogP contribution in [0.25, 0.3) is 10.9 Å². The van der Waals surface area contributed by atoms with Gasteiger partial charge in [-0.25, -0.2) is 9.78 Å². The minimum absolute atomic E-state index is 0.0122. The van der Waals surface area contributed by atoms with Crippen LogP contribution in [0, 0.1) is 0 Å². The number of carbonyl (C=O) groups is 1. The Hall–Kier alpha value is -3.22. The summed E-state index contributed by atoms with van der Waals surface area (Å²) in [6.07, 6.45) is 3.64. The highest BCUT2D eigenvalue weighted by Crippen LogP contribution is 2.25. The molecule has 146 valence electrons. The average molecular weight is 378 g/mol. The summed E-state index contributed by atoms with van der Waals surface area (Å²) in [7, 11) is 0. The summed E-state index contributed by atoms with van der Waals surface area (Å²) in [5, 5.41) is 4.46. The van der Waals surface area contributed by atoms with E-state index < -0.39 is 0 Å². The Kier molecular flexibility index (Phi) is 4.81. The van der Waals surface area contributed by atoms with E-state index in [0.717, 1.165) is 35.5 Å². The van der Waals surface area contributed by atoms with E-state index in [2.05, 4.69) is 35.1 Å². The Bertz CT molecular complexity index is 987. The van der Waals surface area contributed by atoms with Gasteiger partial charge in [-0.05, 0) is 44.2 Å². The molecule has 0 radical (unpaired) electrons. The molecule has 3 heterocycles. The van der Waals surface area contributed by atoms with Gasteiger partial charge in [0, 0.05) is 55.7 Å². The number of aromatic nitrogens is 2. The smallest absolute Gasteiger partial charge is 0.328 e. The number of benzene rings is 1. The highest BCUT2D eigenvalue weighted by molar-refractivity contribution is 5.93. The van der Waals surface area contributed by atoms with E-state index in [9.17, 15) is 4.79 Å². The molecule has 3 aromatic rings. The van der Waals surface area contributed by atoms with Crippen LogP contribution in [0.1, 0.15) is 13.8 Å². The highest BCUT2D eigenvalue weighted by Gasteiger charge is 2.25. The zero-order valence-electron chi connectivity index (χ0n) is 16.3. The molecule has 28 heavy (non-hydrogen) atoms. The fourth-order valence-electron chi connectivity index (χ4n) is 3.65. The van der Waals surface area contributed by atoms with Crippen molar-refractivity contribution in [3.8, 4) is 0 Å². The lowest BCUT2D eigenvalue weighted by Crippen LogP contribution is -2.50. The molecule has 7 nitrogen and oxygen atoms in total. The number of carbonyl (C=O) groups excluding carboxylic acids is 1. The molecule has 1 aromatic carbocycles. The van der Waals surface area contributed by atoms with Crippen LogP contribution < -0.4 is 16.0 Å². The SMILES string of the molecule is CC(C)Nc1cccnc1N1CCN(C(=O)n2ccc3ccc(N)cc32)CC1. The summed E-state index contributed by atoms with van der Waals surface area (Å²) in [4.78, 5) is 21.7. The number of rotatable bonds is 3. The van der Waals surface area contributed by atoms with Gasteiger partial charge in [-0.2, -0.15) is 0 Å². The first-order valence-electron chi connectivity index (χ1n) is 9.65. The van der Waals surface area contributed by atoms with Crippen LogP contribution >= 0.6 is 0 Å². The fourth-order valence-corrected chi connectivity index (χ4v) is 3.65. The Morgan fingerprint density at radius 3 is 2.68 bits per heavy atom. The van der Waals surface area contributed by atoms with Gasteiger partial charge in [0.05, 0.1) is 11.2 Å². The summed E-state index contributed by atoms with van der Waals surface area (Å²) in [6, 6.07) is 11.9. The Balaban J connectivity index is 1.48. The maximum Gasteiger partial charge on any atom is 0.328 e. The topological polar surface area (TPSA) is 79.4 Å². The van der Waals surface area contributed by atoms with Crippen LogP contribution in [0.3, 0.4) is 0 Å². The number of amides is 1. The minimum atomic E-state index is -0.0122. The summed E-state index contributed by atoms with van der Waals surface area (Å²) in [5.41, 5.74) is 8.44. The molecule has 0 atom stereocenters. The lowest BCUT2D eigenvalue weighted by Gasteiger charge is -2.36. The third-order valence-electron chi connectivity index (χ3n) is 5.00.